The van der Waals surface area contributed by atoms with Gasteiger partial charge in [-0.1, -0.05) is 6.42 Å². The molecule has 0 aliphatic rings. The van der Waals surface area contributed by atoms with Crippen LogP contribution in [0.2, 0.25) is 0 Å². The summed E-state index contributed by atoms with van der Waals surface area (Å²) in [5, 5.41) is 0. The van der Waals surface area contributed by atoms with Crippen LogP contribution in [0.3, 0.4) is 0 Å². The maximum absolute atomic E-state index is 4.20. The largest absolute Gasteiger partial charge is 0.303 e. The van der Waals surface area contributed by atoms with E-state index in [1.54, 1.807) is 0 Å². The second-order valence-electron chi connectivity index (χ2n) is 3.57. The van der Waals surface area contributed by atoms with Gasteiger partial charge < -0.3 is 4.90 Å². The zero-order valence-electron chi connectivity index (χ0n) is 9.12. The standard InChI is InChI=1S/C10H23NS2/c1-10(9-13-3)11(2)7-5-4-6-8-12/h10,12H,4-9H2,1-3H3. The Morgan fingerprint density at radius 1 is 1.31 bits per heavy atom. The lowest BCUT2D eigenvalue weighted by molar-refractivity contribution is 0.272. The molecule has 1 nitrogen and oxygen atoms in total. The molecule has 0 heterocycles. The second-order valence-corrected chi connectivity index (χ2v) is 4.93. The third-order valence-electron chi connectivity index (χ3n) is 2.33. The highest BCUT2D eigenvalue weighted by Crippen LogP contribution is 2.06. The van der Waals surface area contributed by atoms with E-state index in [0.717, 1.165) is 5.75 Å². The van der Waals surface area contributed by atoms with Crippen molar-refractivity contribution in [2.24, 2.45) is 0 Å². The van der Waals surface area contributed by atoms with Crippen LogP contribution in [0.5, 0.6) is 0 Å². The van der Waals surface area contributed by atoms with Crippen LogP contribution >= 0.6 is 24.4 Å². The molecule has 0 aromatic carbocycles. The summed E-state index contributed by atoms with van der Waals surface area (Å²) in [5.74, 6) is 2.27. The summed E-state index contributed by atoms with van der Waals surface area (Å²) in [6, 6.07) is 0.714. The Labute approximate surface area is 93.1 Å². The van der Waals surface area contributed by atoms with Crippen molar-refractivity contribution in [1.82, 2.24) is 4.90 Å². The van der Waals surface area contributed by atoms with Crippen molar-refractivity contribution in [3.05, 3.63) is 0 Å². The summed E-state index contributed by atoms with van der Waals surface area (Å²) in [7, 11) is 2.22. The van der Waals surface area contributed by atoms with Crippen LogP contribution in [-0.4, -0.2) is 42.3 Å². The molecule has 0 fully saturated rings. The van der Waals surface area contributed by atoms with Gasteiger partial charge in [-0.25, -0.2) is 0 Å². The number of thiol groups is 1. The first kappa shape index (κ1) is 13.7. The van der Waals surface area contributed by atoms with Crippen molar-refractivity contribution >= 4 is 24.4 Å². The van der Waals surface area contributed by atoms with Gasteiger partial charge in [0.05, 0.1) is 0 Å². The van der Waals surface area contributed by atoms with E-state index in [9.17, 15) is 0 Å². The van der Waals surface area contributed by atoms with Gasteiger partial charge in [0, 0.05) is 11.8 Å². The Bertz CT molecular complexity index is 109. The van der Waals surface area contributed by atoms with Gasteiger partial charge in [0.1, 0.15) is 0 Å². The van der Waals surface area contributed by atoms with Crippen molar-refractivity contribution in [2.45, 2.75) is 32.2 Å². The van der Waals surface area contributed by atoms with Crippen LogP contribution in [-0.2, 0) is 0 Å². The van der Waals surface area contributed by atoms with Crippen molar-refractivity contribution in [3.63, 3.8) is 0 Å². The third-order valence-corrected chi connectivity index (χ3v) is 3.46. The summed E-state index contributed by atoms with van der Waals surface area (Å²) in [6.07, 6.45) is 6.06. The number of hydrogen-bond donors (Lipinski definition) is 1. The molecule has 0 aliphatic carbocycles. The fourth-order valence-corrected chi connectivity index (χ4v) is 2.20. The molecule has 80 valence electrons. The number of unbranched alkanes of at least 4 members (excludes halogenated alkanes) is 2. The zero-order chi connectivity index (χ0) is 10.1. The van der Waals surface area contributed by atoms with Gasteiger partial charge in [0.15, 0.2) is 0 Å². The van der Waals surface area contributed by atoms with Crippen LogP contribution in [0, 0.1) is 0 Å². The van der Waals surface area contributed by atoms with Gasteiger partial charge in [0.25, 0.3) is 0 Å². The monoisotopic (exact) mass is 221 g/mol. The molecular weight excluding hydrogens is 198 g/mol. The molecule has 0 saturated carbocycles. The van der Waals surface area contributed by atoms with E-state index in [0.29, 0.717) is 6.04 Å². The molecule has 0 aliphatic heterocycles. The van der Waals surface area contributed by atoms with Crippen molar-refractivity contribution in [1.29, 1.82) is 0 Å². The Kier molecular flexibility index (Phi) is 9.69. The molecule has 0 aromatic heterocycles. The summed E-state index contributed by atoms with van der Waals surface area (Å²) in [4.78, 5) is 2.45. The second kappa shape index (κ2) is 9.22. The molecule has 1 unspecified atom stereocenters. The predicted molar refractivity (Wildman–Crippen MR) is 68.2 cm³/mol. The Hall–Kier alpha value is 0.660. The molecule has 3 heteroatoms. The van der Waals surface area contributed by atoms with Crippen molar-refractivity contribution in [3.8, 4) is 0 Å². The Morgan fingerprint density at radius 3 is 2.54 bits per heavy atom. The van der Waals surface area contributed by atoms with E-state index < -0.39 is 0 Å². The van der Waals surface area contributed by atoms with Gasteiger partial charge in [-0.3, -0.25) is 0 Å². The molecule has 0 saturated heterocycles. The van der Waals surface area contributed by atoms with Crippen molar-refractivity contribution in [2.75, 3.05) is 31.4 Å². The van der Waals surface area contributed by atoms with Crippen LogP contribution < -0.4 is 0 Å². The lowest BCUT2D eigenvalue weighted by atomic mass is 10.2. The SMILES string of the molecule is CSCC(C)N(C)CCCCCS. The van der Waals surface area contributed by atoms with E-state index in [-0.39, 0.29) is 0 Å². The van der Waals surface area contributed by atoms with E-state index in [1.165, 1.54) is 31.6 Å². The highest BCUT2D eigenvalue weighted by atomic mass is 32.2. The molecule has 1 atom stereocenters. The summed E-state index contributed by atoms with van der Waals surface area (Å²) >= 11 is 6.13. The van der Waals surface area contributed by atoms with Crippen LogP contribution in [0.15, 0.2) is 0 Å². The molecule has 0 radical (unpaired) electrons. The highest BCUT2D eigenvalue weighted by Gasteiger charge is 2.06. The average Bonchev–Trinajstić information content (AvgIpc) is 2.12. The summed E-state index contributed by atoms with van der Waals surface area (Å²) < 4.78 is 0. The minimum Gasteiger partial charge on any atom is -0.303 e. The van der Waals surface area contributed by atoms with E-state index in [4.69, 9.17) is 0 Å². The first-order valence-corrected chi connectivity index (χ1v) is 7.05. The molecule has 0 bridgehead atoms. The number of hydrogen-bond acceptors (Lipinski definition) is 3. The summed E-state index contributed by atoms with van der Waals surface area (Å²) in [5.41, 5.74) is 0. The fraction of sp³-hybridized carbons (Fsp3) is 1.00. The minimum atomic E-state index is 0.714. The quantitative estimate of drug-likeness (QED) is 0.496. The van der Waals surface area contributed by atoms with E-state index >= 15 is 0 Å². The van der Waals surface area contributed by atoms with E-state index in [2.05, 4.69) is 37.8 Å². The minimum absolute atomic E-state index is 0.714. The van der Waals surface area contributed by atoms with E-state index in [1.807, 2.05) is 11.8 Å². The third kappa shape index (κ3) is 7.71. The maximum atomic E-state index is 4.20. The van der Waals surface area contributed by atoms with Gasteiger partial charge in [-0.15, -0.1) is 0 Å². The van der Waals surface area contributed by atoms with Crippen LogP contribution in [0.25, 0.3) is 0 Å². The lowest BCUT2D eigenvalue weighted by Crippen LogP contribution is -2.31. The zero-order valence-corrected chi connectivity index (χ0v) is 10.8. The molecule has 13 heavy (non-hydrogen) atoms. The molecule has 0 amide bonds. The number of rotatable bonds is 8. The predicted octanol–water partition coefficient (Wildman–Crippen LogP) is 2.77. The van der Waals surface area contributed by atoms with Gasteiger partial charge >= 0.3 is 0 Å². The van der Waals surface area contributed by atoms with Gasteiger partial charge in [-0.05, 0) is 45.4 Å². The molecule has 0 spiro atoms. The van der Waals surface area contributed by atoms with Crippen molar-refractivity contribution < 1.29 is 0 Å². The average molecular weight is 221 g/mol. The molecular formula is C10H23NS2. The molecule has 0 rings (SSSR count). The first-order valence-electron chi connectivity index (χ1n) is 5.02. The lowest BCUT2D eigenvalue weighted by Gasteiger charge is -2.23. The van der Waals surface area contributed by atoms with Crippen LogP contribution in [0.4, 0.5) is 0 Å². The molecule has 0 N–H and O–H groups in total. The van der Waals surface area contributed by atoms with Gasteiger partial charge in [-0.2, -0.15) is 24.4 Å². The number of nitrogens with zero attached hydrogens (tertiary/aromatic N) is 1. The smallest absolute Gasteiger partial charge is 0.0154 e. The Balaban J connectivity index is 3.32. The molecule has 0 aromatic rings. The first-order chi connectivity index (χ1) is 6.22. The normalized spacial score (nSPS) is 13.6. The summed E-state index contributed by atoms with van der Waals surface area (Å²) in [6.45, 7) is 3.53. The fourth-order valence-electron chi connectivity index (χ4n) is 1.24. The maximum Gasteiger partial charge on any atom is 0.0154 e. The topological polar surface area (TPSA) is 3.24 Å². The highest BCUT2D eigenvalue weighted by molar-refractivity contribution is 7.98. The van der Waals surface area contributed by atoms with Crippen LogP contribution in [0.1, 0.15) is 26.2 Å². The number of thioether (sulfide) groups is 1. The van der Waals surface area contributed by atoms with Gasteiger partial charge in [0.2, 0.25) is 0 Å². The Morgan fingerprint density at radius 2 is 2.00 bits per heavy atom.